The van der Waals surface area contributed by atoms with Crippen molar-refractivity contribution >= 4 is 29.4 Å². The van der Waals surface area contributed by atoms with E-state index in [1.54, 1.807) is 0 Å². The Hall–Kier alpha value is -3.07. The predicted molar refractivity (Wildman–Crippen MR) is 87.2 cm³/mol. The first kappa shape index (κ1) is 20.2. The van der Waals surface area contributed by atoms with Gasteiger partial charge in [0.15, 0.2) is 6.61 Å². The van der Waals surface area contributed by atoms with Gasteiger partial charge in [-0.3, -0.25) is 14.9 Å². The minimum atomic E-state index is -3.01. The van der Waals surface area contributed by atoms with Gasteiger partial charge in [0.05, 0.1) is 5.56 Å². The summed E-state index contributed by atoms with van der Waals surface area (Å²) in [7, 11) is 0. The Balaban J connectivity index is 1.87. The van der Waals surface area contributed by atoms with Gasteiger partial charge in [0.1, 0.15) is 11.6 Å². The van der Waals surface area contributed by atoms with E-state index in [4.69, 9.17) is 11.6 Å². The van der Waals surface area contributed by atoms with Crippen LogP contribution in [0.5, 0.6) is 5.75 Å². The van der Waals surface area contributed by atoms with E-state index < -0.39 is 42.4 Å². The van der Waals surface area contributed by atoms with Crippen LogP contribution in [-0.4, -0.2) is 31.0 Å². The summed E-state index contributed by atoms with van der Waals surface area (Å²) in [6, 6.07) is 7.83. The Kier molecular flexibility index (Phi) is 6.78. The summed E-state index contributed by atoms with van der Waals surface area (Å²) in [5.41, 5.74) is -0.437. The average molecular weight is 402 g/mol. The Labute approximate surface area is 155 Å². The number of hydrogen-bond acceptors (Lipinski definition) is 5. The zero-order chi connectivity index (χ0) is 20.0. The van der Waals surface area contributed by atoms with Gasteiger partial charge in [-0.25, -0.2) is 9.18 Å². The van der Waals surface area contributed by atoms with Crippen molar-refractivity contribution in [1.29, 1.82) is 0 Å². The van der Waals surface area contributed by atoms with Crippen LogP contribution in [0.4, 0.5) is 13.2 Å². The molecule has 0 saturated carbocycles. The number of halogens is 4. The highest BCUT2D eigenvalue weighted by atomic mass is 35.5. The molecule has 2 rings (SSSR count). The molecule has 0 unspecified atom stereocenters. The Morgan fingerprint density at radius 3 is 2.33 bits per heavy atom. The normalized spacial score (nSPS) is 10.4. The van der Waals surface area contributed by atoms with Gasteiger partial charge in [0.25, 0.3) is 11.8 Å². The maximum Gasteiger partial charge on any atom is 0.387 e. The summed E-state index contributed by atoms with van der Waals surface area (Å²) in [6.07, 6.45) is 0. The summed E-state index contributed by atoms with van der Waals surface area (Å²) in [6.45, 7) is -3.84. The summed E-state index contributed by atoms with van der Waals surface area (Å²) in [5, 5.41) is 2.01. The molecular weight excluding hydrogens is 391 g/mol. The summed E-state index contributed by atoms with van der Waals surface area (Å²) in [5.74, 6) is -4.00. The third-order valence-electron chi connectivity index (χ3n) is 3.08. The minimum absolute atomic E-state index is 0.0139. The van der Waals surface area contributed by atoms with Crippen molar-refractivity contribution in [2.45, 2.75) is 6.61 Å². The number of nitrogens with one attached hydrogen (secondary N) is 1. The smallest absolute Gasteiger partial charge is 0.387 e. The third kappa shape index (κ3) is 6.00. The third-order valence-corrected chi connectivity index (χ3v) is 3.32. The SMILES string of the molecule is O=C(COC(=O)c1ccc(Cl)cc1F)NC(=O)c1ccc(OC(F)F)cc1. The van der Waals surface area contributed by atoms with E-state index in [0.717, 1.165) is 36.4 Å². The van der Waals surface area contributed by atoms with Crippen molar-refractivity contribution in [2.75, 3.05) is 6.61 Å². The summed E-state index contributed by atoms with van der Waals surface area (Å²) >= 11 is 5.56. The fourth-order valence-electron chi connectivity index (χ4n) is 1.89. The van der Waals surface area contributed by atoms with E-state index in [1.807, 2.05) is 5.32 Å². The second-order valence-corrected chi connectivity index (χ2v) is 5.42. The number of ether oxygens (including phenoxy) is 2. The highest BCUT2D eigenvalue weighted by molar-refractivity contribution is 6.30. The van der Waals surface area contributed by atoms with Crippen LogP contribution >= 0.6 is 11.6 Å². The number of amides is 2. The van der Waals surface area contributed by atoms with E-state index in [9.17, 15) is 27.6 Å². The Morgan fingerprint density at radius 1 is 1.07 bits per heavy atom. The maximum absolute atomic E-state index is 13.6. The number of rotatable bonds is 6. The molecule has 0 aliphatic carbocycles. The van der Waals surface area contributed by atoms with E-state index in [0.29, 0.717) is 0 Å². The highest BCUT2D eigenvalue weighted by Crippen LogP contribution is 2.16. The lowest BCUT2D eigenvalue weighted by atomic mass is 10.2. The van der Waals surface area contributed by atoms with Crippen LogP contribution in [0.2, 0.25) is 5.02 Å². The van der Waals surface area contributed by atoms with Crippen LogP contribution in [0, 0.1) is 5.82 Å². The molecule has 0 heterocycles. The van der Waals surface area contributed by atoms with Gasteiger partial charge < -0.3 is 9.47 Å². The van der Waals surface area contributed by atoms with Gasteiger partial charge in [-0.1, -0.05) is 11.6 Å². The molecule has 0 bridgehead atoms. The van der Waals surface area contributed by atoms with Crippen LogP contribution in [0.1, 0.15) is 20.7 Å². The minimum Gasteiger partial charge on any atom is -0.452 e. The maximum atomic E-state index is 13.6. The zero-order valence-electron chi connectivity index (χ0n) is 13.4. The molecule has 1 N–H and O–H groups in total. The zero-order valence-corrected chi connectivity index (χ0v) is 14.1. The fraction of sp³-hybridized carbons (Fsp3) is 0.118. The number of hydrogen-bond donors (Lipinski definition) is 1. The molecule has 0 fully saturated rings. The van der Waals surface area contributed by atoms with Crippen molar-refractivity contribution in [3.8, 4) is 5.75 Å². The van der Waals surface area contributed by atoms with Crippen LogP contribution < -0.4 is 10.1 Å². The summed E-state index contributed by atoms with van der Waals surface area (Å²) < 4.78 is 46.4. The van der Waals surface area contributed by atoms with E-state index in [1.165, 1.54) is 6.07 Å². The highest BCUT2D eigenvalue weighted by Gasteiger charge is 2.17. The largest absolute Gasteiger partial charge is 0.452 e. The van der Waals surface area contributed by atoms with Crippen molar-refractivity contribution in [2.24, 2.45) is 0 Å². The van der Waals surface area contributed by atoms with Crippen molar-refractivity contribution in [3.05, 3.63) is 64.4 Å². The molecule has 0 aliphatic heterocycles. The number of imide groups is 1. The van der Waals surface area contributed by atoms with Crippen LogP contribution in [0.25, 0.3) is 0 Å². The molecule has 0 saturated heterocycles. The molecule has 10 heteroatoms. The number of alkyl halides is 2. The number of carbonyl (C=O) groups excluding carboxylic acids is 3. The van der Waals surface area contributed by atoms with E-state index >= 15 is 0 Å². The molecule has 27 heavy (non-hydrogen) atoms. The predicted octanol–water partition coefficient (Wildman–Crippen LogP) is 3.19. The first-order valence-electron chi connectivity index (χ1n) is 7.27. The standard InChI is InChI=1S/C17H11ClF3NO5/c18-10-3-6-12(13(19)7-10)16(25)26-8-14(23)22-15(24)9-1-4-11(5-2-9)27-17(20)21/h1-7,17H,8H2,(H,22,23,24). The number of benzene rings is 2. The second-order valence-electron chi connectivity index (χ2n) is 4.98. The first-order chi connectivity index (χ1) is 12.8. The number of esters is 1. The molecule has 0 spiro atoms. The fourth-order valence-corrected chi connectivity index (χ4v) is 2.05. The lowest BCUT2D eigenvalue weighted by molar-refractivity contribution is -0.123. The monoisotopic (exact) mass is 401 g/mol. The van der Waals surface area contributed by atoms with E-state index in [-0.39, 0.29) is 16.3 Å². The second kappa shape index (κ2) is 9.04. The van der Waals surface area contributed by atoms with Crippen LogP contribution in [0.3, 0.4) is 0 Å². The van der Waals surface area contributed by atoms with Gasteiger partial charge in [0.2, 0.25) is 0 Å². The molecule has 2 aromatic rings. The van der Waals surface area contributed by atoms with Gasteiger partial charge in [0, 0.05) is 10.6 Å². The topological polar surface area (TPSA) is 81.7 Å². The molecule has 2 aromatic carbocycles. The molecule has 0 aromatic heterocycles. The quantitative estimate of drug-likeness (QED) is 0.752. The summed E-state index contributed by atoms with van der Waals surface area (Å²) in [4.78, 5) is 35.2. The van der Waals surface area contributed by atoms with Gasteiger partial charge in [-0.05, 0) is 42.5 Å². The van der Waals surface area contributed by atoms with E-state index in [2.05, 4.69) is 9.47 Å². The van der Waals surface area contributed by atoms with Crippen molar-refractivity contribution < 1.29 is 37.0 Å². The first-order valence-corrected chi connectivity index (χ1v) is 7.65. The molecule has 142 valence electrons. The van der Waals surface area contributed by atoms with Crippen LogP contribution in [-0.2, 0) is 9.53 Å². The Morgan fingerprint density at radius 2 is 1.74 bits per heavy atom. The van der Waals surface area contributed by atoms with Crippen molar-refractivity contribution in [3.63, 3.8) is 0 Å². The van der Waals surface area contributed by atoms with Gasteiger partial charge in [-0.15, -0.1) is 0 Å². The van der Waals surface area contributed by atoms with Gasteiger partial charge >= 0.3 is 12.6 Å². The molecule has 2 amide bonds. The molecule has 0 atom stereocenters. The van der Waals surface area contributed by atoms with Crippen LogP contribution in [0.15, 0.2) is 42.5 Å². The lowest BCUT2D eigenvalue weighted by Crippen LogP contribution is -2.34. The average Bonchev–Trinajstić information content (AvgIpc) is 2.59. The lowest BCUT2D eigenvalue weighted by Gasteiger charge is -2.08. The molecule has 0 radical (unpaired) electrons. The number of carbonyl (C=O) groups is 3. The van der Waals surface area contributed by atoms with Crippen molar-refractivity contribution in [1.82, 2.24) is 5.32 Å². The molecular formula is C17H11ClF3NO5. The van der Waals surface area contributed by atoms with Gasteiger partial charge in [-0.2, -0.15) is 8.78 Å². The Bertz CT molecular complexity index is 858. The molecule has 0 aliphatic rings. The molecule has 6 nitrogen and oxygen atoms in total.